The third kappa shape index (κ3) is 6.33. The van der Waals surface area contributed by atoms with Crippen LogP contribution in [0.5, 0.6) is 0 Å². The Kier molecular flexibility index (Phi) is 8.44. The van der Waals surface area contributed by atoms with E-state index in [4.69, 9.17) is 11.6 Å². The molecular formula is C28H34ClFN4O2. The Hall–Kier alpha value is -2.74. The van der Waals surface area contributed by atoms with E-state index in [1.807, 2.05) is 30.8 Å². The van der Waals surface area contributed by atoms with Crippen LogP contribution in [0.4, 0.5) is 4.39 Å². The summed E-state index contributed by atoms with van der Waals surface area (Å²) in [6.07, 6.45) is 4.22. The molecule has 0 bridgehead atoms. The van der Waals surface area contributed by atoms with E-state index in [1.54, 1.807) is 42.5 Å². The molecule has 0 saturated carbocycles. The summed E-state index contributed by atoms with van der Waals surface area (Å²) in [4.78, 5) is 34.5. The van der Waals surface area contributed by atoms with Crippen LogP contribution in [0, 0.1) is 5.82 Å². The van der Waals surface area contributed by atoms with Crippen molar-refractivity contribution in [2.24, 2.45) is 0 Å². The van der Waals surface area contributed by atoms with Crippen molar-refractivity contribution in [3.05, 3.63) is 76.1 Å². The van der Waals surface area contributed by atoms with Gasteiger partial charge in [0.15, 0.2) is 0 Å². The first kappa shape index (κ1) is 26.3. The Balaban J connectivity index is 1.40. The van der Waals surface area contributed by atoms with Crippen LogP contribution in [0.1, 0.15) is 34.8 Å². The standard InChI is InChI=1S/C28H34ClFN4O2/c1-20-17-32(18-21-4-9-24(30)10-5-21)14-15-34(20)27(35)11-7-22-6-8-23(29)16-26(22)28(36)33-13-12-25(19-33)31(2)3/h4-11,16,20,25H,12-15,17-19H2,1-3H3/t20-,25-/m1/s1. The fraction of sp³-hybridized carbons (Fsp3) is 0.429. The lowest BCUT2D eigenvalue weighted by molar-refractivity contribution is -0.130. The average Bonchev–Trinajstić information content (AvgIpc) is 3.35. The molecule has 2 aliphatic rings. The first-order valence-corrected chi connectivity index (χ1v) is 12.8. The number of benzene rings is 2. The lowest BCUT2D eigenvalue weighted by atomic mass is 10.1. The summed E-state index contributed by atoms with van der Waals surface area (Å²) in [7, 11) is 4.06. The topological polar surface area (TPSA) is 47.1 Å². The van der Waals surface area contributed by atoms with E-state index in [9.17, 15) is 14.0 Å². The molecular weight excluding hydrogens is 479 g/mol. The van der Waals surface area contributed by atoms with Crippen LogP contribution < -0.4 is 0 Å². The number of halogens is 2. The molecule has 0 aliphatic carbocycles. The number of rotatable bonds is 6. The summed E-state index contributed by atoms with van der Waals surface area (Å²) in [5, 5.41) is 0.496. The molecule has 2 aromatic carbocycles. The maximum atomic E-state index is 13.3. The normalized spacial score (nSPS) is 21.1. The number of nitrogens with zero attached hydrogens (tertiary/aromatic N) is 4. The van der Waals surface area contributed by atoms with E-state index < -0.39 is 0 Å². The van der Waals surface area contributed by atoms with Gasteiger partial charge in [0.05, 0.1) is 0 Å². The molecule has 0 unspecified atom stereocenters. The van der Waals surface area contributed by atoms with Crippen LogP contribution in [0.2, 0.25) is 5.02 Å². The number of hydrogen-bond acceptors (Lipinski definition) is 4. The van der Waals surface area contributed by atoms with Gasteiger partial charge in [-0.1, -0.05) is 29.8 Å². The Morgan fingerprint density at radius 2 is 1.83 bits per heavy atom. The maximum Gasteiger partial charge on any atom is 0.254 e. The second-order valence-corrected chi connectivity index (χ2v) is 10.4. The fourth-order valence-corrected chi connectivity index (χ4v) is 5.16. The van der Waals surface area contributed by atoms with Gasteiger partial charge in [-0.2, -0.15) is 0 Å². The molecule has 4 rings (SSSR count). The number of likely N-dealkylation sites (tertiary alicyclic amines) is 1. The number of likely N-dealkylation sites (N-methyl/N-ethyl adjacent to an activating group) is 1. The zero-order valence-electron chi connectivity index (χ0n) is 21.2. The Morgan fingerprint density at radius 3 is 2.50 bits per heavy atom. The lowest BCUT2D eigenvalue weighted by Crippen LogP contribution is -2.53. The van der Waals surface area contributed by atoms with Crippen molar-refractivity contribution < 1.29 is 14.0 Å². The van der Waals surface area contributed by atoms with Crippen molar-refractivity contribution in [2.75, 3.05) is 46.8 Å². The number of amides is 2. The molecule has 192 valence electrons. The summed E-state index contributed by atoms with van der Waals surface area (Å²) >= 11 is 6.23. The Morgan fingerprint density at radius 1 is 1.08 bits per heavy atom. The monoisotopic (exact) mass is 512 g/mol. The number of hydrogen-bond donors (Lipinski definition) is 0. The molecule has 2 heterocycles. The summed E-state index contributed by atoms with van der Waals surface area (Å²) < 4.78 is 13.2. The van der Waals surface area contributed by atoms with Gasteiger partial charge in [-0.15, -0.1) is 0 Å². The third-order valence-corrected chi connectivity index (χ3v) is 7.38. The predicted molar refractivity (Wildman–Crippen MR) is 141 cm³/mol. The van der Waals surface area contributed by atoms with Crippen LogP contribution in [0.3, 0.4) is 0 Å². The van der Waals surface area contributed by atoms with Gasteiger partial charge >= 0.3 is 0 Å². The molecule has 0 radical (unpaired) electrons. The first-order chi connectivity index (χ1) is 17.2. The highest BCUT2D eigenvalue weighted by Gasteiger charge is 2.29. The SMILES string of the molecule is C[C@@H]1CN(Cc2ccc(F)cc2)CCN1C(=O)C=Cc1ccc(Cl)cc1C(=O)N1CC[C@@H](N(C)C)C1. The highest BCUT2D eigenvalue weighted by Crippen LogP contribution is 2.23. The third-order valence-electron chi connectivity index (χ3n) is 7.15. The smallest absolute Gasteiger partial charge is 0.254 e. The lowest BCUT2D eigenvalue weighted by Gasteiger charge is -2.39. The van der Waals surface area contributed by atoms with Crippen molar-refractivity contribution >= 4 is 29.5 Å². The van der Waals surface area contributed by atoms with Gasteiger partial charge in [0.1, 0.15) is 5.82 Å². The molecule has 2 aliphatic heterocycles. The number of carbonyl (C=O) groups excluding carboxylic acids is 2. The van der Waals surface area contributed by atoms with Crippen LogP contribution in [-0.2, 0) is 11.3 Å². The van der Waals surface area contributed by atoms with Crippen LogP contribution >= 0.6 is 11.6 Å². The van der Waals surface area contributed by atoms with Gasteiger partial charge < -0.3 is 14.7 Å². The highest BCUT2D eigenvalue weighted by atomic mass is 35.5. The molecule has 0 aromatic heterocycles. The van der Waals surface area contributed by atoms with Gasteiger partial charge in [0.2, 0.25) is 5.91 Å². The van der Waals surface area contributed by atoms with Crippen molar-refractivity contribution in [3.8, 4) is 0 Å². The summed E-state index contributed by atoms with van der Waals surface area (Å²) in [6, 6.07) is 12.2. The minimum absolute atomic E-state index is 0.0373. The summed E-state index contributed by atoms with van der Waals surface area (Å²) in [5.74, 6) is -0.374. The molecule has 0 N–H and O–H groups in total. The van der Waals surface area contributed by atoms with Crippen molar-refractivity contribution in [1.82, 2.24) is 19.6 Å². The van der Waals surface area contributed by atoms with Crippen molar-refractivity contribution in [3.63, 3.8) is 0 Å². The maximum absolute atomic E-state index is 13.3. The quantitative estimate of drug-likeness (QED) is 0.549. The van der Waals surface area contributed by atoms with E-state index in [1.165, 1.54) is 12.1 Å². The van der Waals surface area contributed by atoms with Gasteiger partial charge in [0, 0.05) is 68.0 Å². The predicted octanol–water partition coefficient (Wildman–Crippen LogP) is 4.00. The average molecular weight is 513 g/mol. The summed E-state index contributed by atoms with van der Waals surface area (Å²) in [6.45, 7) is 6.24. The van der Waals surface area contributed by atoms with Gasteiger partial charge in [-0.25, -0.2) is 4.39 Å². The number of piperazine rings is 1. The van der Waals surface area contributed by atoms with E-state index in [2.05, 4.69) is 9.80 Å². The van der Waals surface area contributed by atoms with Crippen LogP contribution in [0.15, 0.2) is 48.5 Å². The van der Waals surface area contributed by atoms with E-state index in [-0.39, 0.29) is 23.7 Å². The van der Waals surface area contributed by atoms with E-state index in [0.717, 1.165) is 31.6 Å². The Labute approximate surface area is 217 Å². The fourth-order valence-electron chi connectivity index (χ4n) is 4.99. The molecule has 0 spiro atoms. The molecule has 2 fully saturated rings. The van der Waals surface area contributed by atoms with E-state index in [0.29, 0.717) is 41.8 Å². The molecule has 6 nitrogen and oxygen atoms in total. The zero-order valence-corrected chi connectivity index (χ0v) is 21.9. The van der Waals surface area contributed by atoms with Gasteiger partial charge in [-0.3, -0.25) is 14.5 Å². The summed E-state index contributed by atoms with van der Waals surface area (Å²) in [5.41, 5.74) is 2.26. The van der Waals surface area contributed by atoms with Crippen LogP contribution in [-0.4, -0.2) is 90.3 Å². The van der Waals surface area contributed by atoms with Gasteiger partial charge in [-0.05, 0) is 68.9 Å². The van der Waals surface area contributed by atoms with Crippen LogP contribution in [0.25, 0.3) is 6.08 Å². The van der Waals surface area contributed by atoms with Crippen molar-refractivity contribution in [2.45, 2.75) is 32.0 Å². The van der Waals surface area contributed by atoms with Gasteiger partial charge in [0.25, 0.3) is 5.91 Å². The molecule has 36 heavy (non-hydrogen) atoms. The second kappa shape index (κ2) is 11.5. The second-order valence-electron chi connectivity index (χ2n) is 9.96. The molecule has 8 heteroatoms. The first-order valence-electron chi connectivity index (χ1n) is 12.4. The zero-order chi connectivity index (χ0) is 25.8. The minimum Gasteiger partial charge on any atom is -0.337 e. The molecule has 2 amide bonds. The largest absolute Gasteiger partial charge is 0.337 e. The molecule has 2 saturated heterocycles. The Bertz CT molecular complexity index is 1120. The van der Waals surface area contributed by atoms with E-state index >= 15 is 0 Å². The molecule has 2 aromatic rings. The minimum atomic E-state index is -0.238. The van der Waals surface area contributed by atoms with Crippen molar-refractivity contribution in [1.29, 1.82) is 0 Å². The molecule has 2 atom stereocenters. The highest BCUT2D eigenvalue weighted by molar-refractivity contribution is 6.31. The number of carbonyl (C=O) groups is 2.